The number of anilines is 1. The average molecular weight is 317 g/mol. The maximum absolute atomic E-state index is 6.25. The third kappa shape index (κ3) is 2.12. The minimum atomic E-state index is -0.288. The highest BCUT2D eigenvalue weighted by molar-refractivity contribution is 7.80. The van der Waals surface area contributed by atoms with Crippen molar-refractivity contribution in [2.75, 3.05) is 12.4 Å². The highest BCUT2D eigenvalue weighted by atomic mass is 35.5. The molecule has 1 aliphatic heterocycles. The van der Waals surface area contributed by atoms with Crippen LogP contribution in [0.5, 0.6) is 0 Å². The summed E-state index contributed by atoms with van der Waals surface area (Å²) in [4.78, 5) is 2.14. The highest BCUT2D eigenvalue weighted by Gasteiger charge is 2.43. The van der Waals surface area contributed by atoms with Gasteiger partial charge in [-0.05, 0) is 42.4 Å². The van der Waals surface area contributed by atoms with E-state index in [9.17, 15) is 0 Å². The Bertz CT molecular complexity index is 686. The minimum Gasteiger partial charge on any atom is -0.338 e. The predicted octanol–water partition coefficient (Wildman–Crippen LogP) is 4.64. The van der Waals surface area contributed by atoms with Gasteiger partial charge in [-0.1, -0.05) is 48.9 Å². The van der Waals surface area contributed by atoms with Crippen molar-refractivity contribution in [3.63, 3.8) is 0 Å². The molecule has 0 fully saturated rings. The van der Waals surface area contributed by atoms with Crippen LogP contribution >= 0.6 is 23.8 Å². The summed E-state index contributed by atoms with van der Waals surface area (Å²) < 4.78 is 0. The molecule has 0 saturated heterocycles. The molecule has 1 atom stereocenters. The van der Waals surface area contributed by atoms with E-state index in [4.69, 9.17) is 23.8 Å². The summed E-state index contributed by atoms with van der Waals surface area (Å²) in [6.45, 7) is 2.18. The van der Waals surface area contributed by atoms with Crippen molar-refractivity contribution in [2.24, 2.45) is 0 Å². The van der Waals surface area contributed by atoms with Crippen LogP contribution in [-0.2, 0) is 5.54 Å². The Hall–Kier alpha value is -1.58. The maximum Gasteiger partial charge on any atom is 0.174 e. The van der Waals surface area contributed by atoms with E-state index in [1.165, 1.54) is 11.1 Å². The number of nitrogens with zero attached hydrogens (tertiary/aromatic N) is 1. The van der Waals surface area contributed by atoms with Crippen LogP contribution in [0.15, 0.2) is 48.5 Å². The fourth-order valence-corrected chi connectivity index (χ4v) is 3.65. The molecular formula is C17H17ClN2S. The summed E-state index contributed by atoms with van der Waals surface area (Å²) in [5.74, 6) is 0. The Morgan fingerprint density at radius 3 is 2.57 bits per heavy atom. The third-order valence-corrected chi connectivity index (χ3v) is 4.92. The number of hydrogen-bond acceptors (Lipinski definition) is 1. The zero-order valence-electron chi connectivity index (χ0n) is 12.1. The van der Waals surface area contributed by atoms with Gasteiger partial charge in [-0.2, -0.15) is 0 Å². The van der Waals surface area contributed by atoms with Crippen molar-refractivity contribution in [2.45, 2.75) is 18.9 Å². The molecule has 0 aliphatic carbocycles. The summed E-state index contributed by atoms with van der Waals surface area (Å²) in [5.41, 5.74) is 3.14. The molecule has 0 radical (unpaired) electrons. The van der Waals surface area contributed by atoms with E-state index in [-0.39, 0.29) is 5.54 Å². The van der Waals surface area contributed by atoms with Crippen LogP contribution < -0.4 is 5.32 Å². The zero-order valence-corrected chi connectivity index (χ0v) is 13.6. The molecule has 4 heteroatoms. The van der Waals surface area contributed by atoms with Crippen LogP contribution in [0.2, 0.25) is 5.02 Å². The molecule has 0 aromatic heterocycles. The van der Waals surface area contributed by atoms with Crippen LogP contribution in [0.4, 0.5) is 5.69 Å². The van der Waals surface area contributed by atoms with Gasteiger partial charge >= 0.3 is 0 Å². The third-order valence-electron chi connectivity index (χ3n) is 4.31. The lowest BCUT2D eigenvalue weighted by atomic mass is 9.77. The second kappa shape index (κ2) is 5.32. The number of hydrogen-bond donors (Lipinski definition) is 1. The maximum atomic E-state index is 6.25. The van der Waals surface area contributed by atoms with Gasteiger partial charge in [0.15, 0.2) is 5.11 Å². The Morgan fingerprint density at radius 2 is 1.90 bits per heavy atom. The second-order valence-corrected chi connectivity index (χ2v) is 6.08. The van der Waals surface area contributed by atoms with E-state index >= 15 is 0 Å². The summed E-state index contributed by atoms with van der Waals surface area (Å²) in [7, 11) is 2.04. The van der Waals surface area contributed by atoms with Gasteiger partial charge < -0.3 is 10.2 Å². The molecule has 0 spiro atoms. The first-order chi connectivity index (χ1) is 10.1. The molecule has 3 rings (SSSR count). The molecular weight excluding hydrogens is 300 g/mol. The van der Waals surface area contributed by atoms with Gasteiger partial charge in [0.1, 0.15) is 0 Å². The number of fused-ring (bicyclic) bond motifs is 1. The van der Waals surface area contributed by atoms with E-state index in [1.54, 1.807) is 0 Å². The lowest BCUT2D eigenvalue weighted by Gasteiger charge is -2.48. The fourth-order valence-electron chi connectivity index (χ4n) is 3.22. The number of rotatable bonds is 2. The molecule has 0 bridgehead atoms. The lowest BCUT2D eigenvalue weighted by Crippen LogP contribution is -2.52. The Labute approximate surface area is 135 Å². The molecule has 1 aliphatic rings. The molecule has 108 valence electrons. The molecule has 1 heterocycles. The molecule has 1 N–H and O–H groups in total. The van der Waals surface area contributed by atoms with Crippen LogP contribution in [-0.4, -0.2) is 17.1 Å². The van der Waals surface area contributed by atoms with Gasteiger partial charge in [0.2, 0.25) is 0 Å². The lowest BCUT2D eigenvalue weighted by molar-refractivity contribution is 0.250. The van der Waals surface area contributed by atoms with E-state index in [0.29, 0.717) is 0 Å². The van der Waals surface area contributed by atoms with Gasteiger partial charge in [0.25, 0.3) is 0 Å². The summed E-state index contributed by atoms with van der Waals surface area (Å²) in [5, 5.41) is 4.77. The Balaban J connectivity index is 2.32. The zero-order chi connectivity index (χ0) is 15.0. The number of benzene rings is 2. The number of halogens is 1. The Morgan fingerprint density at radius 1 is 1.19 bits per heavy atom. The van der Waals surface area contributed by atoms with E-state index in [1.807, 2.05) is 31.3 Å². The molecule has 2 nitrogen and oxygen atoms in total. The van der Waals surface area contributed by atoms with Crippen molar-refractivity contribution in [1.29, 1.82) is 0 Å². The van der Waals surface area contributed by atoms with Crippen LogP contribution in [0.1, 0.15) is 24.5 Å². The largest absolute Gasteiger partial charge is 0.338 e. The van der Waals surface area contributed by atoms with Gasteiger partial charge in [-0.25, -0.2) is 0 Å². The monoisotopic (exact) mass is 316 g/mol. The summed E-state index contributed by atoms with van der Waals surface area (Å²) >= 11 is 11.8. The number of nitrogens with one attached hydrogen (secondary N) is 1. The van der Waals surface area contributed by atoms with E-state index in [0.717, 1.165) is 22.2 Å². The van der Waals surface area contributed by atoms with Crippen molar-refractivity contribution < 1.29 is 0 Å². The standard InChI is InChI=1S/C17H17ClN2S/c1-3-17(12-7-5-4-6-8-12)14-11-13(18)9-10-15(14)19-16(21)20(17)2/h4-11H,3H2,1-2H3,(H,19,21). The minimum absolute atomic E-state index is 0.288. The molecule has 2 aromatic rings. The predicted molar refractivity (Wildman–Crippen MR) is 92.9 cm³/mol. The van der Waals surface area contributed by atoms with Crippen LogP contribution in [0, 0.1) is 0 Å². The quantitative estimate of drug-likeness (QED) is 0.813. The smallest absolute Gasteiger partial charge is 0.174 e. The van der Waals surface area contributed by atoms with Gasteiger partial charge in [0, 0.05) is 23.3 Å². The van der Waals surface area contributed by atoms with Crippen molar-refractivity contribution in [3.8, 4) is 0 Å². The first kappa shape index (κ1) is 14.4. The van der Waals surface area contributed by atoms with Gasteiger partial charge in [-0.3, -0.25) is 0 Å². The average Bonchev–Trinajstić information content (AvgIpc) is 2.51. The normalized spacial score (nSPS) is 20.9. The van der Waals surface area contributed by atoms with Crippen molar-refractivity contribution in [3.05, 3.63) is 64.7 Å². The first-order valence-electron chi connectivity index (χ1n) is 7.00. The molecule has 0 amide bonds. The SMILES string of the molecule is CCC1(c2ccccc2)c2cc(Cl)ccc2NC(=S)N1C. The fraction of sp³-hybridized carbons (Fsp3) is 0.235. The Kier molecular flexibility index (Phi) is 3.64. The van der Waals surface area contributed by atoms with Crippen LogP contribution in [0.3, 0.4) is 0 Å². The van der Waals surface area contributed by atoms with Gasteiger partial charge in [-0.15, -0.1) is 0 Å². The van der Waals surface area contributed by atoms with Crippen molar-refractivity contribution >= 4 is 34.6 Å². The summed E-state index contributed by atoms with van der Waals surface area (Å²) in [6.07, 6.45) is 0.905. The summed E-state index contributed by atoms with van der Waals surface area (Å²) in [6, 6.07) is 16.4. The van der Waals surface area contributed by atoms with Gasteiger partial charge in [0.05, 0.1) is 5.54 Å². The first-order valence-corrected chi connectivity index (χ1v) is 7.78. The molecule has 1 unspecified atom stereocenters. The molecule has 21 heavy (non-hydrogen) atoms. The van der Waals surface area contributed by atoms with Crippen LogP contribution in [0.25, 0.3) is 0 Å². The van der Waals surface area contributed by atoms with Crippen molar-refractivity contribution in [1.82, 2.24) is 4.90 Å². The molecule has 0 saturated carbocycles. The number of thiocarbonyl (C=S) groups is 1. The topological polar surface area (TPSA) is 15.3 Å². The van der Waals surface area contributed by atoms with E-state index in [2.05, 4.69) is 41.4 Å². The van der Waals surface area contributed by atoms with E-state index < -0.39 is 0 Å². The highest BCUT2D eigenvalue weighted by Crippen LogP contribution is 2.45. The second-order valence-electron chi connectivity index (χ2n) is 5.26. The molecule has 2 aromatic carbocycles.